The maximum absolute atomic E-state index is 12.0. The number of hydrogen-bond acceptors (Lipinski definition) is 2. The number of rotatable bonds is 1. The van der Waals surface area contributed by atoms with Gasteiger partial charge in [0.2, 0.25) is 0 Å². The number of nitrogens with zero attached hydrogens (tertiary/aromatic N) is 1. The molecule has 0 spiro atoms. The average Bonchev–Trinajstić information content (AvgIpc) is 2.77. The molecule has 2 bridgehead atoms. The van der Waals surface area contributed by atoms with Crippen LogP contribution in [0.1, 0.15) is 12.8 Å². The van der Waals surface area contributed by atoms with Crippen molar-refractivity contribution in [3.63, 3.8) is 0 Å². The summed E-state index contributed by atoms with van der Waals surface area (Å²) in [6.45, 7) is 2.14. The highest BCUT2D eigenvalue weighted by molar-refractivity contribution is 5.98. The Morgan fingerprint density at radius 2 is 1.87 bits per heavy atom. The van der Waals surface area contributed by atoms with Gasteiger partial charge in [0.05, 0.1) is 5.70 Å². The van der Waals surface area contributed by atoms with Gasteiger partial charge in [0.15, 0.2) is 5.78 Å². The van der Waals surface area contributed by atoms with Gasteiger partial charge in [0.1, 0.15) is 0 Å². The Kier molecular flexibility index (Phi) is 2.01. The molecule has 0 saturated carbocycles. The van der Waals surface area contributed by atoms with E-state index in [0.717, 1.165) is 31.6 Å². The van der Waals surface area contributed by atoms with Crippen LogP contribution >= 0.6 is 0 Å². The topological polar surface area (TPSA) is 20.3 Å². The Balaban J connectivity index is 1.88. The molecule has 0 atom stereocenters. The van der Waals surface area contributed by atoms with Gasteiger partial charge in [-0.25, -0.2) is 0 Å². The minimum absolute atomic E-state index is 0.315. The van der Waals surface area contributed by atoms with Crippen LogP contribution in [0.25, 0.3) is 0 Å². The van der Waals surface area contributed by atoms with Gasteiger partial charge in [-0.3, -0.25) is 4.79 Å². The van der Waals surface area contributed by atoms with E-state index in [4.69, 9.17) is 0 Å². The molecule has 3 saturated heterocycles. The van der Waals surface area contributed by atoms with Gasteiger partial charge in [0.25, 0.3) is 0 Å². The highest BCUT2D eigenvalue weighted by Gasteiger charge is 2.36. The van der Waals surface area contributed by atoms with Gasteiger partial charge in [-0.2, -0.15) is 0 Å². The van der Waals surface area contributed by atoms with Crippen molar-refractivity contribution in [3.8, 4) is 0 Å². The molecule has 0 amide bonds. The average molecular weight is 201 g/mol. The zero-order chi connectivity index (χ0) is 10.3. The van der Waals surface area contributed by atoms with E-state index < -0.39 is 0 Å². The van der Waals surface area contributed by atoms with Crippen LogP contribution in [0.5, 0.6) is 0 Å². The molecule has 0 aromatic carbocycles. The van der Waals surface area contributed by atoms with E-state index >= 15 is 0 Å². The van der Waals surface area contributed by atoms with E-state index in [2.05, 4.69) is 23.1 Å². The SMILES string of the molecule is O=C1/C(=C/C2C=CC=C2)N2CCC1CC2. The lowest BCUT2D eigenvalue weighted by atomic mass is 9.84. The summed E-state index contributed by atoms with van der Waals surface area (Å²) in [5.41, 5.74) is 0.971. The molecule has 0 N–H and O–H groups in total. The van der Waals surface area contributed by atoms with Gasteiger partial charge in [0, 0.05) is 24.9 Å². The normalized spacial score (nSPS) is 28.7. The first-order valence-corrected chi connectivity index (χ1v) is 5.70. The molecule has 3 fully saturated rings. The Hall–Kier alpha value is -1.31. The Morgan fingerprint density at radius 1 is 1.20 bits per heavy atom. The van der Waals surface area contributed by atoms with Crippen molar-refractivity contribution in [1.29, 1.82) is 0 Å². The third kappa shape index (κ3) is 1.44. The van der Waals surface area contributed by atoms with E-state index in [9.17, 15) is 4.79 Å². The second-order valence-corrected chi connectivity index (χ2v) is 4.52. The molecule has 4 aliphatic rings. The van der Waals surface area contributed by atoms with E-state index in [-0.39, 0.29) is 0 Å². The summed E-state index contributed by atoms with van der Waals surface area (Å²) in [5.74, 6) is 1.03. The summed E-state index contributed by atoms with van der Waals surface area (Å²) in [4.78, 5) is 14.3. The molecular weight excluding hydrogens is 186 g/mol. The summed E-state index contributed by atoms with van der Waals surface area (Å²) in [5, 5.41) is 0. The smallest absolute Gasteiger partial charge is 0.181 e. The van der Waals surface area contributed by atoms with Crippen LogP contribution in [0.15, 0.2) is 36.1 Å². The second-order valence-electron chi connectivity index (χ2n) is 4.52. The quantitative estimate of drug-likeness (QED) is 0.604. The highest BCUT2D eigenvalue weighted by Crippen LogP contribution is 2.32. The second kappa shape index (κ2) is 3.37. The molecule has 0 aromatic rings. The first-order chi connectivity index (χ1) is 7.34. The number of fused-ring (bicyclic) bond motifs is 3. The fraction of sp³-hybridized carbons (Fsp3) is 0.462. The van der Waals surface area contributed by atoms with Crippen LogP contribution in [-0.2, 0) is 4.79 Å². The van der Waals surface area contributed by atoms with E-state index in [1.165, 1.54) is 0 Å². The van der Waals surface area contributed by atoms with Gasteiger partial charge in [-0.1, -0.05) is 24.3 Å². The number of Topliss-reactive ketones (excluding diaryl/α,β-unsaturated/α-hetero) is 1. The first-order valence-electron chi connectivity index (χ1n) is 5.70. The number of allylic oxidation sites excluding steroid dienone is 6. The van der Waals surface area contributed by atoms with Crippen LogP contribution in [0.2, 0.25) is 0 Å². The number of carbonyl (C=O) groups excluding carboxylic acids is 1. The number of piperidine rings is 3. The zero-order valence-electron chi connectivity index (χ0n) is 8.73. The predicted molar refractivity (Wildman–Crippen MR) is 59.2 cm³/mol. The van der Waals surface area contributed by atoms with Crippen molar-refractivity contribution >= 4 is 5.78 Å². The number of carbonyl (C=O) groups is 1. The molecule has 78 valence electrons. The lowest BCUT2D eigenvalue weighted by Gasteiger charge is -2.41. The Morgan fingerprint density at radius 3 is 2.47 bits per heavy atom. The summed E-state index contributed by atoms with van der Waals surface area (Å²) in [6.07, 6.45) is 12.6. The molecule has 0 radical (unpaired) electrons. The standard InChI is InChI=1S/C13H15NO/c15-13-11-5-7-14(8-6-11)12(13)9-10-3-1-2-4-10/h1-4,9-11H,5-8H2/b12-9-. The van der Waals surface area contributed by atoms with Gasteiger partial charge in [-0.05, 0) is 18.9 Å². The van der Waals surface area contributed by atoms with Gasteiger partial charge < -0.3 is 4.90 Å². The summed E-state index contributed by atoms with van der Waals surface area (Å²) >= 11 is 0. The molecular formula is C13H15NO. The monoisotopic (exact) mass is 201 g/mol. The van der Waals surface area contributed by atoms with Crippen molar-refractivity contribution in [2.45, 2.75) is 12.8 Å². The van der Waals surface area contributed by atoms with Crippen LogP contribution in [-0.4, -0.2) is 23.8 Å². The summed E-state index contributed by atoms with van der Waals surface area (Å²) in [7, 11) is 0. The van der Waals surface area contributed by atoms with Crippen LogP contribution in [0, 0.1) is 11.8 Å². The first kappa shape index (κ1) is 8.96. The van der Waals surface area contributed by atoms with Crippen molar-refractivity contribution in [2.75, 3.05) is 13.1 Å². The zero-order valence-corrected chi connectivity index (χ0v) is 8.73. The van der Waals surface area contributed by atoms with Crippen LogP contribution in [0.4, 0.5) is 0 Å². The van der Waals surface area contributed by atoms with Crippen LogP contribution in [0.3, 0.4) is 0 Å². The molecule has 3 heterocycles. The lowest BCUT2D eigenvalue weighted by molar-refractivity contribution is -0.125. The van der Waals surface area contributed by atoms with E-state index in [0.29, 0.717) is 17.6 Å². The summed E-state index contributed by atoms with van der Waals surface area (Å²) < 4.78 is 0. The fourth-order valence-electron chi connectivity index (χ4n) is 2.68. The third-order valence-electron chi connectivity index (χ3n) is 3.59. The Bertz CT molecular complexity index is 358. The Labute approximate surface area is 90.0 Å². The summed E-state index contributed by atoms with van der Waals surface area (Å²) in [6, 6.07) is 0. The third-order valence-corrected chi connectivity index (χ3v) is 3.59. The molecule has 0 unspecified atom stereocenters. The lowest BCUT2D eigenvalue weighted by Crippen LogP contribution is -2.46. The molecule has 2 heteroatoms. The predicted octanol–water partition coefficient (Wildman–Crippen LogP) is 1.91. The fourth-order valence-corrected chi connectivity index (χ4v) is 2.68. The van der Waals surface area contributed by atoms with Crippen molar-refractivity contribution in [2.24, 2.45) is 11.8 Å². The minimum atomic E-state index is 0.315. The number of hydrogen-bond donors (Lipinski definition) is 0. The molecule has 4 rings (SSSR count). The van der Waals surface area contributed by atoms with Crippen molar-refractivity contribution in [3.05, 3.63) is 36.1 Å². The van der Waals surface area contributed by atoms with Gasteiger partial charge >= 0.3 is 0 Å². The van der Waals surface area contributed by atoms with Crippen molar-refractivity contribution < 1.29 is 4.79 Å². The van der Waals surface area contributed by atoms with Crippen molar-refractivity contribution in [1.82, 2.24) is 4.90 Å². The van der Waals surface area contributed by atoms with E-state index in [1.54, 1.807) is 0 Å². The highest BCUT2D eigenvalue weighted by atomic mass is 16.1. The van der Waals surface area contributed by atoms with E-state index in [1.807, 2.05) is 12.2 Å². The molecule has 15 heavy (non-hydrogen) atoms. The van der Waals surface area contributed by atoms with Gasteiger partial charge in [-0.15, -0.1) is 0 Å². The molecule has 1 aliphatic carbocycles. The molecule has 2 nitrogen and oxygen atoms in total. The number of ketones is 1. The molecule has 0 aromatic heterocycles. The maximum atomic E-state index is 12.0. The molecule has 3 aliphatic heterocycles. The largest absolute Gasteiger partial charge is 0.369 e. The maximum Gasteiger partial charge on any atom is 0.181 e. The van der Waals surface area contributed by atoms with Crippen LogP contribution < -0.4 is 0 Å². The minimum Gasteiger partial charge on any atom is -0.369 e.